The molecule has 0 atom stereocenters. The van der Waals surface area contributed by atoms with Crippen LogP contribution in [0, 0.1) is 0 Å². The molecule has 0 fully saturated rings. The van der Waals surface area contributed by atoms with Crippen LogP contribution in [0.1, 0.15) is 10.4 Å². The van der Waals surface area contributed by atoms with Gasteiger partial charge in [0.15, 0.2) is 0 Å². The second kappa shape index (κ2) is 7.31. The fourth-order valence-corrected chi connectivity index (χ4v) is 2.14. The Morgan fingerprint density at radius 1 is 1.05 bits per heavy atom. The van der Waals surface area contributed by atoms with Crippen molar-refractivity contribution in [1.29, 1.82) is 0 Å². The summed E-state index contributed by atoms with van der Waals surface area (Å²) in [7, 11) is 0. The Bertz CT molecular complexity index is 647. The summed E-state index contributed by atoms with van der Waals surface area (Å²) >= 11 is 12.1. The zero-order valence-corrected chi connectivity index (χ0v) is 12.5. The Labute approximate surface area is 132 Å². The molecule has 0 aliphatic rings. The number of amides is 1. The molecule has 0 spiro atoms. The minimum absolute atomic E-state index is 0.135. The third-order valence-electron chi connectivity index (χ3n) is 2.66. The molecular weight excluding hydrogens is 313 g/mol. The number of rotatable bonds is 5. The van der Waals surface area contributed by atoms with Gasteiger partial charge in [0, 0.05) is 6.54 Å². The van der Waals surface area contributed by atoms with Crippen molar-refractivity contribution in [3.8, 4) is 11.5 Å². The van der Waals surface area contributed by atoms with Gasteiger partial charge in [-0.25, -0.2) is 0 Å². The van der Waals surface area contributed by atoms with Crippen LogP contribution in [-0.2, 0) is 0 Å². The molecule has 0 aromatic heterocycles. The number of para-hydroxylation sites is 1. The summed E-state index contributed by atoms with van der Waals surface area (Å²) in [4.78, 5) is 12.1. The van der Waals surface area contributed by atoms with Crippen LogP contribution in [-0.4, -0.2) is 24.2 Å². The molecule has 21 heavy (non-hydrogen) atoms. The SMILES string of the molecule is O=C(NCCO)c1c(Cl)cccc1Oc1ccccc1Cl. The van der Waals surface area contributed by atoms with Crippen LogP contribution < -0.4 is 10.1 Å². The zero-order valence-electron chi connectivity index (χ0n) is 11.0. The van der Waals surface area contributed by atoms with Gasteiger partial charge in [-0.2, -0.15) is 0 Å². The molecule has 2 aromatic rings. The van der Waals surface area contributed by atoms with Crippen molar-refractivity contribution in [2.24, 2.45) is 0 Å². The van der Waals surface area contributed by atoms with E-state index in [0.29, 0.717) is 16.5 Å². The van der Waals surface area contributed by atoms with Gasteiger partial charge in [0.05, 0.1) is 16.7 Å². The van der Waals surface area contributed by atoms with Crippen LogP contribution in [0.5, 0.6) is 11.5 Å². The first-order valence-corrected chi connectivity index (χ1v) is 6.99. The highest BCUT2D eigenvalue weighted by molar-refractivity contribution is 6.34. The van der Waals surface area contributed by atoms with Crippen LogP contribution in [0.3, 0.4) is 0 Å². The molecule has 0 saturated heterocycles. The maximum Gasteiger partial charge on any atom is 0.256 e. The summed E-state index contributed by atoms with van der Waals surface area (Å²) in [5, 5.41) is 12.0. The maximum absolute atomic E-state index is 12.1. The Kier molecular flexibility index (Phi) is 5.44. The molecule has 0 bridgehead atoms. The van der Waals surface area contributed by atoms with Gasteiger partial charge in [0.2, 0.25) is 0 Å². The smallest absolute Gasteiger partial charge is 0.256 e. The lowest BCUT2D eigenvalue weighted by atomic mass is 10.2. The summed E-state index contributed by atoms with van der Waals surface area (Å²) in [6.45, 7) is -0.0213. The molecule has 4 nitrogen and oxygen atoms in total. The topological polar surface area (TPSA) is 58.6 Å². The molecule has 0 radical (unpaired) electrons. The third kappa shape index (κ3) is 3.88. The molecule has 0 aliphatic carbocycles. The first-order chi connectivity index (χ1) is 10.1. The first-order valence-electron chi connectivity index (χ1n) is 6.23. The van der Waals surface area contributed by atoms with Gasteiger partial charge >= 0.3 is 0 Å². The van der Waals surface area contributed by atoms with E-state index in [1.807, 2.05) is 0 Å². The highest BCUT2D eigenvalue weighted by Crippen LogP contribution is 2.33. The molecule has 0 heterocycles. The van der Waals surface area contributed by atoms with Crippen molar-refractivity contribution < 1.29 is 14.6 Å². The van der Waals surface area contributed by atoms with E-state index in [1.54, 1.807) is 42.5 Å². The van der Waals surface area contributed by atoms with E-state index in [4.69, 9.17) is 33.0 Å². The Hall–Kier alpha value is -1.75. The number of hydrogen-bond acceptors (Lipinski definition) is 3. The standard InChI is InChI=1S/C15H13Cl2NO3/c16-10-4-1-2-6-12(10)21-13-7-3-5-11(17)14(13)15(20)18-8-9-19/h1-7,19H,8-9H2,(H,18,20). The molecule has 2 N–H and O–H groups in total. The van der Waals surface area contributed by atoms with Gasteiger partial charge in [0.1, 0.15) is 17.1 Å². The molecule has 2 aromatic carbocycles. The lowest BCUT2D eigenvalue weighted by Crippen LogP contribution is -2.27. The number of aliphatic hydroxyl groups is 1. The number of carbonyl (C=O) groups is 1. The van der Waals surface area contributed by atoms with Gasteiger partial charge in [-0.3, -0.25) is 4.79 Å². The summed E-state index contributed by atoms with van der Waals surface area (Å²) in [5.41, 5.74) is 0.201. The van der Waals surface area contributed by atoms with E-state index in [2.05, 4.69) is 5.32 Å². The van der Waals surface area contributed by atoms with E-state index < -0.39 is 5.91 Å². The molecule has 0 unspecified atom stereocenters. The summed E-state index contributed by atoms with van der Waals surface area (Å²) in [5.74, 6) is 0.306. The molecule has 0 aliphatic heterocycles. The quantitative estimate of drug-likeness (QED) is 0.884. The number of benzene rings is 2. The van der Waals surface area contributed by atoms with Gasteiger partial charge in [-0.15, -0.1) is 0 Å². The Balaban J connectivity index is 2.34. The van der Waals surface area contributed by atoms with Gasteiger partial charge in [0.25, 0.3) is 5.91 Å². The maximum atomic E-state index is 12.1. The van der Waals surface area contributed by atoms with Crippen LogP contribution in [0.15, 0.2) is 42.5 Å². The van der Waals surface area contributed by atoms with Gasteiger partial charge in [-0.05, 0) is 24.3 Å². The minimum Gasteiger partial charge on any atom is -0.455 e. The number of nitrogens with one attached hydrogen (secondary N) is 1. The number of ether oxygens (including phenoxy) is 1. The lowest BCUT2D eigenvalue weighted by Gasteiger charge is -2.13. The minimum atomic E-state index is -0.420. The van der Waals surface area contributed by atoms with Gasteiger partial charge < -0.3 is 15.2 Å². The van der Waals surface area contributed by atoms with Crippen molar-refractivity contribution in [2.75, 3.05) is 13.2 Å². The second-order valence-corrected chi connectivity index (χ2v) is 4.94. The predicted octanol–water partition coefficient (Wildman–Crippen LogP) is 3.51. The van der Waals surface area contributed by atoms with Gasteiger partial charge in [-0.1, -0.05) is 41.4 Å². The van der Waals surface area contributed by atoms with Crippen molar-refractivity contribution in [3.63, 3.8) is 0 Å². The summed E-state index contributed by atoms with van der Waals surface area (Å²) < 4.78 is 5.68. The van der Waals surface area contributed by atoms with Crippen LogP contribution in [0.25, 0.3) is 0 Å². The van der Waals surface area contributed by atoms with Crippen molar-refractivity contribution in [1.82, 2.24) is 5.32 Å². The molecule has 110 valence electrons. The highest BCUT2D eigenvalue weighted by Gasteiger charge is 2.17. The van der Waals surface area contributed by atoms with Crippen molar-refractivity contribution in [3.05, 3.63) is 58.1 Å². The zero-order chi connectivity index (χ0) is 15.2. The Morgan fingerprint density at radius 3 is 2.43 bits per heavy atom. The molecular formula is C15H13Cl2NO3. The fourth-order valence-electron chi connectivity index (χ4n) is 1.71. The monoisotopic (exact) mass is 325 g/mol. The van der Waals surface area contributed by atoms with E-state index in [1.165, 1.54) is 0 Å². The number of aliphatic hydroxyl groups excluding tert-OH is 1. The van der Waals surface area contributed by atoms with E-state index in [-0.39, 0.29) is 23.7 Å². The predicted molar refractivity (Wildman–Crippen MR) is 82.4 cm³/mol. The summed E-state index contributed by atoms with van der Waals surface area (Å²) in [6.07, 6.45) is 0. The molecule has 0 saturated carbocycles. The second-order valence-electron chi connectivity index (χ2n) is 4.12. The number of carbonyl (C=O) groups excluding carboxylic acids is 1. The normalized spacial score (nSPS) is 10.2. The largest absolute Gasteiger partial charge is 0.455 e. The van der Waals surface area contributed by atoms with Crippen LogP contribution in [0.4, 0.5) is 0 Å². The van der Waals surface area contributed by atoms with E-state index in [9.17, 15) is 4.79 Å². The molecule has 6 heteroatoms. The van der Waals surface area contributed by atoms with Crippen LogP contribution >= 0.6 is 23.2 Å². The Morgan fingerprint density at radius 2 is 1.71 bits per heavy atom. The molecule has 1 amide bonds. The average molecular weight is 326 g/mol. The van der Waals surface area contributed by atoms with Crippen molar-refractivity contribution >= 4 is 29.1 Å². The number of halogens is 2. The van der Waals surface area contributed by atoms with Crippen LogP contribution in [0.2, 0.25) is 10.0 Å². The molecule has 2 rings (SSSR count). The van der Waals surface area contributed by atoms with Crippen molar-refractivity contribution in [2.45, 2.75) is 0 Å². The average Bonchev–Trinajstić information content (AvgIpc) is 2.47. The first kappa shape index (κ1) is 15.6. The van der Waals surface area contributed by atoms with E-state index in [0.717, 1.165) is 0 Å². The highest BCUT2D eigenvalue weighted by atomic mass is 35.5. The number of hydrogen-bond donors (Lipinski definition) is 2. The fraction of sp³-hybridized carbons (Fsp3) is 0.133. The van der Waals surface area contributed by atoms with E-state index >= 15 is 0 Å². The lowest BCUT2D eigenvalue weighted by molar-refractivity contribution is 0.0942. The third-order valence-corrected chi connectivity index (χ3v) is 3.28. The summed E-state index contributed by atoms with van der Waals surface area (Å²) in [6, 6.07) is 11.8.